The van der Waals surface area contributed by atoms with Gasteiger partial charge in [-0.15, -0.1) is 6.58 Å². The van der Waals surface area contributed by atoms with E-state index < -0.39 is 30.7 Å². The SMILES string of the molecule is C=CCCCCCCCCC1OC[C@H]2O[C@H](OC)[C@H](O)[C@@H](O)[C@@H]2O1. The molecule has 0 saturated carbocycles. The van der Waals surface area contributed by atoms with Crippen molar-refractivity contribution >= 4 is 0 Å². The summed E-state index contributed by atoms with van der Waals surface area (Å²) in [4.78, 5) is 0. The van der Waals surface area contributed by atoms with Crippen molar-refractivity contribution in [2.75, 3.05) is 13.7 Å². The monoisotopic (exact) mass is 344 g/mol. The highest BCUT2D eigenvalue weighted by Gasteiger charge is 2.48. The number of fused-ring (bicyclic) bond motifs is 1. The third kappa shape index (κ3) is 5.51. The summed E-state index contributed by atoms with van der Waals surface area (Å²) in [6, 6.07) is 0. The minimum atomic E-state index is -1.11. The fraction of sp³-hybridized carbons (Fsp3) is 0.889. The van der Waals surface area contributed by atoms with Crippen LogP contribution in [0.3, 0.4) is 0 Å². The molecule has 0 spiro atoms. The predicted octanol–water partition coefficient (Wildman–Crippen LogP) is 2.13. The summed E-state index contributed by atoms with van der Waals surface area (Å²) in [5, 5.41) is 20.2. The van der Waals surface area contributed by atoms with Gasteiger partial charge in [0.15, 0.2) is 12.6 Å². The molecule has 2 N–H and O–H groups in total. The van der Waals surface area contributed by atoms with E-state index in [-0.39, 0.29) is 6.29 Å². The van der Waals surface area contributed by atoms with Crippen LogP contribution in [0, 0.1) is 0 Å². The van der Waals surface area contributed by atoms with E-state index in [0.29, 0.717) is 6.61 Å². The Morgan fingerprint density at radius 2 is 1.75 bits per heavy atom. The number of hydrogen-bond acceptors (Lipinski definition) is 6. The minimum Gasteiger partial charge on any atom is -0.387 e. The van der Waals surface area contributed by atoms with Crippen LogP contribution >= 0.6 is 0 Å². The minimum absolute atomic E-state index is 0.337. The summed E-state index contributed by atoms with van der Waals surface area (Å²) >= 11 is 0. The normalized spacial score (nSPS) is 36.3. The highest BCUT2D eigenvalue weighted by atomic mass is 16.7. The van der Waals surface area contributed by atoms with Crippen LogP contribution in [0.2, 0.25) is 0 Å². The largest absolute Gasteiger partial charge is 0.387 e. The Morgan fingerprint density at radius 1 is 1.04 bits per heavy atom. The fourth-order valence-corrected chi connectivity index (χ4v) is 3.28. The molecule has 0 aromatic carbocycles. The van der Waals surface area contributed by atoms with Crippen LogP contribution in [0.25, 0.3) is 0 Å². The number of rotatable bonds is 10. The van der Waals surface area contributed by atoms with Crippen molar-refractivity contribution in [3.8, 4) is 0 Å². The smallest absolute Gasteiger partial charge is 0.186 e. The standard InChI is InChI=1S/C18H32O6/c1-3-4-5-6-7-8-9-10-11-14-22-12-13-17(24-14)15(19)16(20)18(21-2)23-13/h3,13-20H,1,4-12H2,2H3/t13-,14?,15-,16-,17-,18+/m1/s1. The molecule has 2 fully saturated rings. The van der Waals surface area contributed by atoms with Crippen LogP contribution in [-0.4, -0.2) is 60.9 Å². The molecule has 6 nitrogen and oxygen atoms in total. The highest BCUT2D eigenvalue weighted by molar-refractivity contribution is 4.92. The van der Waals surface area contributed by atoms with E-state index in [9.17, 15) is 10.2 Å². The molecule has 2 saturated heterocycles. The summed E-state index contributed by atoms with van der Waals surface area (Å²) in [5.74, 6) is 0. The first kappa shape index (κ1) is 19.8. The van der Waals surface area contributed by atoms with E-state index in [2.05, 4.69) is 6.58 Å². The quantitative estimate of drug-likeness (QED) is 0.467. The van der Waals surface area contributed by atoms with Gasteiger partial charge in [-0.1, -0.05) is 31.8 Å². The number of allylic oxidation sites excluding steroid dienone is 1. The number of ether oxygens (including phenoxy) is 4. The Bertz CT molecular complexity index is 361. The molecule has 2 aliphatic heterocycles. The zero-order valence-corrected chi connectivity index (χ0v) is 14.6. The lowest BCUT2D eigenvalue weighted by Crippen LogP contribution is -2.63. The van der Waals surface area contributed by atoms with Gasteiger partial charge >= 0.3 is 0 Å². The average Bonchev–Trinajstić information content (AvgIpc) is 2.60. The first-order valence-corrected chi connectivity index (χ1v) is 9.09. The van der Waals surface area contributed by atoms with Gasteiger partial charge in [-0.05, 0) is 25.7 Å². The van der Waals surface area contributed by atoms with E-state index in [1.807, 2.05) is 6.08 Å². The molecule has 0 amide bonds. The molecule has 6 heteroatoms. The molecule has 0 radical (unpaired) electrons. The molecule has 2 rings (SSSR count). The summed E-state index contributed by atoms with van der Waals surface area (Å²) < 4.78 is 22.1. The lowest BCUT2D eigenvalue weighted by molar-refractivity contribution is -0.356. The van der Waals surface area contributed by atoms with Gasteiger partial charge in [0, 0.05) is 7.11 Å². The number of aliphatic hydroxyl groups is 2. The number of unbranched alkanes of at least 4 members (excludes halogenated alkanes) is 6. The Labute approximate surface area is 144 Å². The van der Waals surface area contributed by atoms with Crippen molar-refractivity contribution in [1.82, 2.24) is 0 Å². The van der Waals surface area contributed by atoms with Gasteiger partial charge in [-0.25, -0.2) is 0 Å². The Balaban J connectivity index is 1.63. The van der Waals surface area contributed by atoms with Crippen molar-refractivity contribution in [2.45, 2.75) is 88.4 Å². The molecule has 0 aliphatic carbocycles. The first-order chi connectivity index (χ1) is 11.7. The maximum absolute atomic E-state index is 10.2. The maximum Gasteiger partial charge on any atom is 0.186 e. The third-order valence-electron chi connectivity index (χ3n) is 4.73. The number of methoxy groups -OCH3 is 1. The van der Waals surface area contributed by atoms with Crippen molar-refractivity contribution in [3.63, 3.8) is 0 Å². The van der Waals surface area contributed by atoms with E-state index in [1.165, 1.54) is 32.8 Å². The van der Waals surface area contributed by atoms with Crippen LogP contribution in [-0.2, 0) is 18.9 Å². The molecular weight excluding hydrogens is 312 g/mol. The fourth-order valence-electron chi connectivity index (χ4n) is 3.28. The number of hydrogen-bond donors (Lipinski definition) is 2. The topological polar surface area (TPSA) is 77.4 Å². The highest BCUT2D eigenvalue weighted by Crippen LogP contribution is 2.30. The van der Waals surface area contributed by atoms with Gasteiger partial charge in [-0.2, -0.15) is 0 Å². The predicted molar refractivity (Wildman–Crippen MR) is 89.4 cm³/mol. The van der Waals surface area contributed by atoms with Crippen LogP contribution < -0.4 is 0 Å². The molecule has 140 valence electrons. The zero-order valence-electron chi connectivity index (χ0n) is 14.6. The Kier molecular flexibility index (Phi) is 8.66. The second-order valence-corrected chi connectivity index (χ2v) is 6.61. The molecule has 0 bridgehead atoms. The number of aliphatic hydroxyl groups excluding tert-OH is 2. The van der Waals surface area contributed by atoms with E-state index in [1.54, 1.807) is 0 Å². The van der Waals surface area contributed by atoms with Crippen molar-refractivity contribution < 1.29 is 29.2 Å². The summed E-state index contributed by atoms with van der Waals surface area (Å²) in [7, 11) is 1.44. The van der Waals surface area contributed by atoms with Gasteiger partial charge in [-0.3, -0.25) is 0 Å². The molecule has 2 aliphatic rings. The maximum atomic E-state index is 10.2. The summed E-state index contributed by atoms with van der Waals surface area (Å²) in [5.41, 5.74) is 0. The Hall–Kier alpha value is -0.500. The Morgan fingerprint density at radius 3 is 2.46 bits per heavy atom. The van der Waals surface area contributed by atoms with Crippen molar-refractivity contribution in [3.05, 3.63) is 12.7 Å². The first-order valence-electron chi connectivity index (χ1n) is 9.09. The van der Waals surface area contributed by atoms with Gasteiger partial charge < -0.3 is 29.2 Å². The molecule has 6 atom stereocenters. The van der Waals surface area contributed by atoms with Gasteiger partial charge in [0.1, 0.15) is 24.4 Å². The second-order valence-electron chi connectivity index (χ2n) is 6.61. The van der Waals surface area contributed by atoms with Crippen LogP contribution in [0.4, 0.5) is 0 Å². The molecule has 0 aromatic heterocycles. The van der Waals surface area contributed by atoms with Crippen molar-refractivity contribution in [1.29, 1.82) is 0 Å². The molecule has 0 aromatic rings. The summed E-state index contributed by atoms with van der Waals surface area (Å²) in [6.07, 6.45) is 6.73. The van der Waals surface area contributed by atoms with E-state index in [0.717, 1.165) is 25.7 Å². The van der Waals surface area contributed by atoms with Gasteiger partial charge in [0.2, 0.25) is 0 Å². The lowest BCUT2D eigenvalue weighted by Gasteiger charge is -2.45. The van der Waals surface area contributed by atoms with Gasteiger partial charge in [0.25, 0.3) is 0 Å². The summed E-state index contributed by atoms with van der Waals surface area (Å²) in [6.45, 7) is 4.08. The molecule has 2 heterocycles. The third-order valence-corrected chi connectivity index (χ3v) is 4.73. The lowest BCUT2D eigenvalue weighted by atomic mass is 9.98. The van der Waals surface area contributed by atoms with E-state index in [4.69, 9.17) is 18.9 Å². The van der Waals surface area contributed by atoms with Crippen molar-refractivity contribution in [2.24, 2.45) is 0 Å². The average molecular weight is 344 g/mol. The zero-order chi connectivity index (χ0) is 17.4. The van der Waals surface area contributed by atoms with Crippen LogP contribution in [0.1, 0.15) is 51.4 Å². The molecule has 1 unspecified atom stereocenters. The van der Waals surface area contributed by atoms with Crippen LogP contribution in [0.15, 0.2) is 12.7 Å². The second kappa shape index (κ2) is 10.5. The molecule has 24 heavy (non-hydrogen) atoms. The van der Waals surface area contributed by atoms with Gasteiger partial charge in [0.05, 0.1) is 6.61 Å². The molecular formula is C18H32O6. The van der Waals surface area contributed by atoms with Crippen LogP contribution in [0.5, 0.6) is 0 Å². The van der Waals surface area contributed by atoms with E-state index >= 15 is 0 Å².